The number of aromatic nitrogens is 2. The summed E-state index contributed by atoms with van der Waals surface area (Å²) in [5.41, 5.74) is 3.05. The van der Waals surface area contributed by atoms with Crippen LogP contribution in [0.1, 0.15) is 12.0 Å². The summed E-state index contributed by atoms with van der Waals surface area (Å²) in [6, 6.07) is 17.5. The Labute approximate surface area is 232 Å². The Balaban J connectivity index is 0.982. The molecule has 3 aliphatic rings. The number of ether oxygens (including phenoxy) is 3. The van der Waals surface area contributed by atoms with Crippen molar-refractivity contribution in [1.82, 2.24) is 20.2 Å². The summed E-state index contributed by atoms with van der Waals surface area (Å²) < 4.78 is 16.8. The van der Waals surface area contributed by atoms with Crippen molar-refractivity contribution in [2.45, 2.75) is 19.1 Å². The van der Waals surface area contributed by atoms with E-state index in [9.17, 15) is 9.59 Å². The number of carbonyl (C=O) groups is 2. The molecule has 1 aromatic carbocycles. The van der Waals surface area contributed by atoms with E-state index >= 15 is 0 Å². The van der Waals surface area contributed by atoms with Crippen LogP contribution in [0.25, 0.3) is 11.3 Å². The number of anilines is 2. The average Bonchev–Trinajstić information content (AvgIpc) is 3.33. The van der Waals surface area contributed by atoms with Crippen LogP contribution >= 0.6 is 0 Å². The van der Waals surface area contributed by atoms with Crippen molar-refractivity contribution in [2.24, 2.45) is 5.92 Å². The number of rotatable bonds is 10. The van der Waals surface area contributed by atoms with Gasteiger partial charge in [-0.3, -0.25) is 9.69 Å². The van der Waals surface area contributed by atoms with E-state index in [1.807, 2.05) is 24.3 Å². The van der Waals surface area contributed by atoms with Gasteiger partial charge in [0.05, 0.1) is 18.8 Å². The van der Waals surface area contributed by atoms with Gasteiger partial charge in [0.1, 0.15) is 11.9 Å². The number of amides is 2. The molecule has 0 saturated carbocycles. The second kappa shape index (κ2) is 11.5. The van der Waals surface area contributed by atoms with Crippen LogP contribution < -0.4 is 25.0 Å². The molecule has 0 unspecified atom stereocenters. The van der Waals surface area contributed by atoms with Crippen molar-refractivity contribution in [3.63, 3.8) is 0 Å². The molecule has 40 heavy (non-hydrogen) atoms. The molecule has 2 amide bonds. The molecule has 0 bridgehead atoms. The van der Waals surface area contributed by atoms with Gasteiger partial charge in [0.2, 0.25) is 5.88 Å². The highest BCUT2D eigenvalue weighted by Crippen LogP contribution is 2.30. The molecule has 2 N–H and O–H groups in total. The lowest BCUT2D eigenvalue weighted by Gasteiger charge is -2.35. The highest BCUT2D eigenvalue weighted by molar-refractivity contribution is 5.95. The molecule has 2 aromatic heterocycles. The highest BCUT2D eigenvalue weighted by atomic mass is 16.6. The number of fused-ring (bicyclic) bond motifs is 1. The van der Waals surface area contributed by atoms with Crippen LogP contribution in [0.2, 0.25) is 0 Å². The lowest BCUT2D eigenvalue weighted by atomic mass is 10.0. The summed E-state index contributed by atoms with van der Waals surface area (Å²) in [6.07, 6.45) is -0.0565. The Morgan fingerprint density at radius 1 is 1.07 bits per heavy atom. The summed E-state index contributed by atoms with van der Waals surface area (Å²) in [7, 11) is 2.11. The largest absolute Gasteiger partial charge is 0.480 e. The third kappa shape index (κ3) is 6.00. The summed E-state index contributed by atoms with van der Waals surface area (Å²) >= 11 is 0. The van der Waals surface area contributed by atoms with Crippen molar-refractivity contribution in [3.8, 4) is 22.9 Å². The molecule has 6 rings (SSSR count). The molecule has 0 aliphatic carbocycles. The zero-order valence-corrected chi connectivity index (χ0v) is 22.3. The normalized spacial score (nSPS) is 18.9. The first kappa shape index (κ1) is 26.0. The van der Waals surface area contributed by atoms with Crippen molar-refractivity contribution in [1.29, 1.82) is 0 Å². The fraction of sp³-hybridized carbons (Fsp3) is 0.379. The Hall–Kier alpha value is -4.22. The van der Waals surface area contributed by atoms with Gasteiger partial charge < -0.3 is 29.7 Å². The number of pyridine rings is 2. The van der Waals surface area contributed by atoms with Gasteiger partial charge in [-0.25, -0.2) is 14.8 Å². The zero-order chi connectivity index (χ0) is 27.5. The summed E-state index contributed by atoms with van der Waals surface area (Å²) in [5, 5.41) is 6.11. The number of hydrogen-bond acceptors (Lipinski definition) is 9. The van der Waals surface area contributed by atoms with Gasteiger partial charge in [-0.15, -0.1) is 0 Å². The molecule has 11 heteroatoms. The second-order valence-corrected chi connectivity index (χ2v) is 10.4. The maximum absolute atomic E-state index is 12.5. The van der Waals surface area contributed by atoms with Crippen molar-refractivity contribution in [2.75, 3.05) is 56.7 Å². The summed E-state index contributed by atoms with van der Waals surface area (Å²) in [6.45, 7) is 4.52. The van der Waals surface area contributed by atoms with Gasteiger partial charge in [0.15, 0.2) is 18.2 Å². The first-order chi connectivity index (χ1) is 19.5. The van der Waals surface area contributed by atoms with E-state index in [0.29, 0.717) is 61.8 Å². The first-order valence-corrected chi connectivity index (χ1v) is 13.5. The number of hydrogen-bond donors (Lipinski definition) is 2. The Morgan fingerprint density at radius 3 is 2.83 bits per heavy atom. The summed E-state index contributed by atoms with van der Waals surface area (Å²) in [5.74, 6) is 2.15. The van der Waals surface area contributed by atoms with Crippen LogP contribution in [0.4, 0.5) is 16.4 Å². The summed E-state index contributed by atoms with van der Waals surface area (Å²) in [4.78, 5) is 36.9. The maximum Gasteiger partial charge on any atom is 0.415 e. The van der Waals surface area contributed by atoms with E-state index < -0.39 is 6.09 Å². The topological polar surface area (TPSA) is 118 Å². The third-order valence-electron chi connectivity index (χ3n) is 7.14. The molecule has 11 nitrogen and oxygen atoms in total. The minimum Gasteiger partial charge on any atom is -0.480 e. The molecule has 0 radical (unpaired) electrons. The van der Waals surface area contributed by atoms with E-state index in [4.69, 9.17) is 19.2 Å². The smallest absolute Gasteiger partial charge is 0.415 e. The third-order valence-corrected chi connectivity index (χ3v) is 7.14. The van der Waals surface area contributed by atoms with Gasteiger partial charge in [0, 0.05) is 37.2 Å². The van der Waals surface area contributed by atoms with E-state index in [1.54, 1.807) is 12.1 Å². The van der Waals surface area contributed by atoms with Gasteiger partial charge >= 0.3 is 6.09 Å². The molecule has 1 atom stereocenters. The quantitative estimate of drug-likeness (QED) is 0.372. The van der Waals surface area contributed by atoms with Crippen molar-refractivity contribution in [3.05, 3.63) is 60.2 Å². The zero-order valence-electron chi connectivity index (χ0n) is 22.3. The number of benzene rings is 1. The lowest BCUT2D eigenvalue weighted by molar-refractivity contribution is -0.118. The molecule has 2 saturated heterocycles. The van der Waals surface area contributed by atoms with Crippen LogP contribution in [-0.4, -0.2) is 79.4 Å². The molecule has 5 heterocycles. The molecule has 3 aromatic rings. The molecule has 2 fully saturated rings. The number of likely N-dealkylation sites (tertiary alicyclic amines) is 1. The van der Waals surface area contributed by atoms with Gasteiger partial charge in [0.25, 0.3) is 5.91 Å². The van der Waals surface area contributed by atoms with Crippen LogP contribution in [0.3, 0.4) is 0 Å². The fourth-order valence-corrected chi connectivity index (χ4v) is 5.09. The van der Waals surface area contributed by atoms with Crippen molar-refractivity contribution >= 4 is 23.6 Å². The minimum atomic E-state index is -0.452. The van der Waals surface area contributed by atoms with Gasteiger partial charge in [-0.2, -0.15) is 0 Å². The minimum absolute atomic E-state index is 0.0448. The SMILES string of the molecule is CN1CC(COc2cccc(-c3cccc(CNCC[C@H]4CN(c5ccc6c(n5)NC(=O)CO6)C(=O)O4)c3)n2)C1. The average molecular weight is 545 g/mol. The molecular weight excluding hydrogens is 512 g/mol. The number of carbonyl (C=O) groups excluding carboxylic acids is 2. The van der Waals surface area contributed by atoms with Gasteiger partial charge in [-0.05, 0) is 49.8 Å². The standard InChI is InChI=1S/C29H32N6O5/c1-34-14-20(15-34)17-39-27-7-3-6-23(31-27)21-5-2-4-19(12-21)13-30-11-10-22-16-35(29(37)40-22)25-9-8-24-28(32-25)33-26(36)18-38-24/h2-9,12,20,22,30H,10-11,13-18H2,1H3,(H,32,33,36)/t22-/m0/s1. The van der Waals surface area contributed by atoms with E-state index in [-0.39, 0.29) is 18.6 Å². The molecule has 3 aliphatic heterocycles. The Bertz CT molecular complexity index is 1390. The highest BCUT2D eigenvalue weighted by Gasteiger charge is 2.33. The van der Waals surface area contributed by atoms with Crippen LogP contribution in [0.5, 0.6) is 11.6 Å². The second-order valence-electron chi connectivity index (χ2n) is 10.4. The monoisotopic (exact) mass is 544 g/mol. The molecular formula is C29H32N6O5. The van der Waals surface area contributed by atoms with E-state index in [1.165, 1.54) is 4.90 Å². The predicted octanol–water partition coefficient (Wildman–Crippen LogP) is 2.92. The van der Waals surface area contributed by atoms with Gasteiger partial charge in [-0.1, -0.05) is 24.3 Å². The number of nitrogens with one attached hydrogen (secondary N) is 2. The first-order valence-electron chi connectivity index (χ1n) is 13.5. The predicted molar refractivity (Wildman–Crippen MR) is 148 cm³/mol. The van der Waals surface area contributed by atoms with Crippen LogP contribution in [-0.2, 0) is 16.1 Å². The molecule has 208 valence electrons. The fourth-order valence-electron chi connectivity index (χ4n) is 5.09. The maximum atomic E-state index is 12.5. The van der Waals surface area contributed by atoms with Crippen molar-refractivity contribution < 1.29 is 23.8 Å². The number of nitrogens with zero attached hydrogens (tertiary/aromatic N) is 4. The van der Waals surface area contributed by atoms with Crippen LogP contribution in [0, 0.1) is 5.92 Å². The van der Waals surface area contributed by atoms with E-state index in [0.717, 1.165) is 29.9 Å². The van der Waals surface area contributed by atoms with E-state index in [2.05, 4.69) is 45.8 Å². The Kier molecular flexibility index (Phi) is 7.47. The number of cyclic esters (lactones) is 1. The Morgan fingerprint density at radius 2 is 1.95 bits per heavy atom. The lowest BCUT2D eigenvalue weighted by Crippen LogP contribution is -2.46. The molecule has 0 spiro atoms. The van der Waals surface area contributed by atoms with Crippen LogP contribution in [0.15, 0.2) is 54.6 Å².